The lowest BCUT2D eigenvalue weighted by Crippen LogP contribution is -2.29. The molecule has 0 fully saturated rings. The molecule has 0 spiro atoms. The van der Waals surface area contributed by atoms with Gasteiger partial charge in [-0.05, 0) is 49.7 Å². The summed E-state index contributed by atoms with van der Waals surface area (Å²) < 4.78 is 65.4. The first-order valence-electron chi connectivity index (χ1n) is 9.49. The minimum Gasteiger partial charge on any atom is -0.369 e. The number of rotatable bonds is 8. The second kappa shape index (κ2) is 9.49. The first-order valence-corrected chi connectivity index (χ1v) is 11.0. The standard InChI is InChI=1S/C20H21F3N6O2S/c1-13-6-7-24-17(10-13)29-19-12-18(27-14(2)28-19)25-8-9-26-32(30,31)16-5-3-4-15(11-16)20(21,22)23/h3-7,10-12,26H,8-9H2,1-2H3,(H2,24,25,27,28,29). The van der Waals surface area contributed by atoms with Crippen LogP contribution in [0, 0.1) is 13.8 Å². The fourth-order valence-corrected chi connectivity index (χ4v) is 3.83. The van der Waals surface area contributed by atoms with E-state index in [0.29, 0.717) is 29.3 Å². The minimum absolute atomic E-state index is 0.0656. The van der Waals surface area contributed by atoms with Crippen LogP contribution in [-0.2, 0) is 16.2 Å². The van der Waals surface area contributed by atoms with E-state index in [-0.39, 0.29) is 13.1 Å². The Morgan fingerprint density at radius 3 is 2.41 bits per heavy atom. The topological polar surface area (TPSA) is 109 Å². The largest absolute Gasteiger partial charge is 0.416 e. The lowest BCUT2D eigenvalue weighted by atomic mass is 10.2. The molecule has 1 aromatic carbocycles. The van der Waals surface area contributed by atoms with Gasteiger partial charge in [0.15, 0.2) is 0 Å². The van der Waals surface area contributed by atoms with Gasteiger partial charge in [0.05, 0.1) is 10.5 Å². The maximum atomic E-state index is 12.8. The second-order valence-corrected chi connectivity index (χ2v) is 8.65. The van der Waals surface area contributed by atoms with Gasteiger partial charge in [0.1, 0.15) is 23.3 Å². The molecule has 2 aromatic heterocycles. The first-order chi connectivity index (χ1) is 15.0. The molecule has 12 heteroatoms. The van der Waals surface area contributed by atoms with Gasteiger partial charge < -0.3 is 10.6 Å². The molecular weight excluding hydrogens is 445 g/mol. The number of aromatic nitrogens is 3. The maximum Gasteiger partial charge on any atom is 0.416 e. The number of hydrogen-bond donors (Lipinski definition) is 3. The van der Waals surface area contributed by atoms with Crippen molar-refractivity contribution < 1.29 is 21.6 Å². The van der Waals surface area contributed by atoms with Crippen LogP contribution in [0.2, 0.25) is 0 Å². The summed E-state index contributed by atoms with van der Waals surface area (Å²) in [6, 6.07) is 8.93. The van der Waals surface area contributed by atoms with E-state index in [1.54, 1.807) is 19.2 Å². The van der Waals surface area contributed by atoms with Crippen molar-refractivity contribution in [1.29, 1.82) is 0 Å². The number of benzene rings is 1. The number of halogens is 3. The van der Waals surface area contributed by atoms with E-state index < -0.39 is 26.7 Å². The lowest BCUT2D eigenvalue weighted by Gasteiger charge is -2.12. The molecule has 0 amide bonds. The van der Waals surface area contributed by atoms with Gasteiger partial charge in [0.25, 0.3) is 0 Å². The van der Waals surface area contributed by atoms with Gasteiger partial charge in [-0.1, -0.05) is 6.07 Å². The normalized spacial score (nSPS) is 11.9. The van der Waals surface area contributed by atoms with Crippen LogP contribution in [0.15, 0.2) is 53.6 Å². The lowest BCUT2D eigenvalue weighted by molar-refractivity contribution is -0.137. The SMILES string of the molecule is Cc1ccnc(Nc2cc(NCCNS(=O)(=O)c3cccc(C(F)(F)F)c3)nc(C)n2)c1. The Hall–Kier alpha value is -3.25. The molecule has 170 valence electrons. The summed E-state index contributed by atoms with van der Waals surface area (Å²) in [7, 11) is -4.10. The summed E-state index contributed by atoms with van der Waals surface area (Å²) >= 11 is 0. The average Bonchev–Trinajstić information content (AvgIpc) is 2.70. The van der Waals surface area contributed by atoms with E-state index in [1.165, 1.54) is 0 Å². The number of nitrogens with zero attached hydrogens (tertiary/aromatic N) is 3. The van der Waals surface area contributed by atoms with E-state index in [0.717, 1.165) is 23.8 Å². The molecule has 0 aliphatic rings. The van der Waals surface area contributed by atoms with Crippen LogP contribution in [0.3, 0.4) is 0 Å². The van der Waals surface area contributed by atoms with E-state index in [1.807, 2.05) is 19.1 Å². The maximum absolute atomic E-state index is 12.8. The van der Waals surface area contributed by atoms with Crippen molar-refractivity contribution in [2.45, 2.75) is 24.9 Å². The third-order valence-electron chi connectivity index (χ3n) is 4.20. The summed E-state index contributed by atoms with van der Waals surface area (Å²) in [6.45, 7) is 3.72. The van der Waals surface area contributed by atoms with Gasteiger partial charge in [-0.3, -0.25) is 0 Å². The Balaban J connectivity index is 1.60. The number of sulfonamides is 1. The van der Waals surface area contributed by atoms with E-state index in [4.69, 9.17) is 0 Å². The molecule has 3 N–H and O–H groups in total. The van der Waals surface area contributed by atoms with Crippen molar-refractivity contribution >= 4 is 27.5 Å². The summed E-state index contributed by atoms with van der Waals surface area (Å²) in [5.74, 6) is 2.05. The fourth-order valence-electron chi connectivity index (χ4n) is 2.76. The highest BCUT2D eigenvalue weighted by molar-refractivity contribution is 7.89. The molecule has 0 saturated carbocycles. The van der Waals surface area contributed by atoms with Crippen LogP contribution >= 0.6 is 0 Å². The minimum atomic E-state index is -4.63. The molecule has 0 unspecified atom stereocenters. The van der Waals surface area contributed by atoms with Crippen molar-refractivity contribution in [3.8, 4) is 0 Å². The summed E-state index contributed by atoms with van der Waals surface area (Å²) in [6.07, 6.45) is -2.96. The number of anilines is 3. The van der Waals surface area contributed by atoms with Gasteiger partial charge >= 0.3 is 6.18 Å². The van der Waals surface area contributed by atoms with Gasteiger partial charge in [-0.25, -0.2) is 28.1 Å². The molecule has 0 bridgehead atoms. The Morgan fingerprint density at radius 1 is 0.938 bits per heavy atom. The second-order valence-electron chi connectivity index (χ2n) is 6.88. The van der Waals surface area contributed by atoms with E-state index in [2.05, 4.69) is 30.3 Å². The zero-order valence-corrected chi connectivity index (χ0v) is 18.0. The number of hydrogen-bond acceptors (Lipinski definition) is 7. The van der Waals surface area contributed by atoms with E-state index >= 15 is 0 Å². The zero-order chi connectivity index (χ0) is 23.4. The predicted octanol–water partition coefficient (Wildman–Crippen LogP) is 3.64. The summed E-state index contributed by atoms with van der Waals surface area (Å²) in [5, 5.41) is 6.04. The summed E-state index contributed by atoms with van der Waals surface area (Å²) in [5.41, 5.74) is -0.00206. The Bertz CT molecular complexity index is 1200. The number of alkyl halides is 3. The zero-order valence-electron chi connectivity index (χ0n) is 17.2. The van der Waals surface area contributed by atoms with Crippen molar-refractivity contribution in [2.75, 3.05) is 23.7 Å². The fraction of sp³-hybridized carbons (Fsp3) is 0.250. The van der Waals surface area contributed by atoms with Gasteiger partial charge in [-0.15, -0.1) is 0 Å². The van der Waals surface area contributed by atoms with Crippen molar-refractivity contribution in [2.24, 2.45) is 0 Å². The monoisotopic (exact) mass is 466 g/mol. The van der Waals surface area contributed by atoms with Crippen LogP contribution in [-0.4, -0.2) is 36.5 Å². The van der Waals surface area contributed by atoms with Crippen LogP contribution in [0.25, 0.3) is 0 Å². The van der Waals surface area contributed by atoms with Crippen molar-refractivity contribution in [1.82, 2.24) is 19.7 Å². The van der Waals surface area contributed by atoms with E-state index in [9.17, 15) is 21.6 Å². The van der Waals surface area contributed by atoms with Crippen LogP contribution < -0.4 is 15.4 Å². The molecule has 0 aliphatic carbocycles. The molecule has 3 aromatic rings. The Morgan fingerprint density at radius 2 is 1.69 bits per heavy atom. The van der Waals surface area contributed by atoms with Gasteiger partial charge in [-0.2, -0.15) is 13.2 Å². The predicted molar refractivity (Wildman–Crippen MR) is 114 cm³/mol. The third kappa shape index (κ3) is 6.37. The molecule has 0 saturated heterocycles. The molecule has 0 aliphatic heterocycles. The quantitative estimate of drug-likeness (QED) is 0.435. The van der Waals surface area contributed by atoms with Crippen molar-refractivity contribution in [3.05, 3.63) is 65.6 Å². The highest BCUT2D eigenvalue weighted by atomic mass is 32.2. The molecular formula is C20H21F3N6O2S. The molecule has 2 heterocycles. The highest BCUT2D eigenvalue weighted by Crippen LogP contribution is 2.30. The molecule has 3 rings (SSSR count). The third-order valence-corrected chi connectivity index (χ3v) is 5.66. The number of nitrogens with one attached hydrogen (secondary N) is 3. The molecule has 8 nitrogen and oxygen atoms in total. The smallest absolute Gasteiger partial charge is 0.369 e. The molecule has 0 radical (unpaired) electrons. The Kier molecular flexibility index (Phi) is 6.94. The molecule has 0 atom stereocenters. The number of pyridine rings is 1. The average molecular weight is 466 g/mol. The Labute approximate surface area is 183 Å². The number of aryl methyl sites for hydroxylation is 2. The molecule has 32 heavy (non-hydrogen) atoms. The van der Waals surface area contributed by atoms with Gasteiger partial charge in [0.2, 0.25) is 10.0 Å². The first kappa shape index (κ1) is 23.4. The van der Waals surface area contributed by atoms with Gasteiger partial charge in [0, 0.05) is 25.4 Å². The highest BCUT2D eigenvalue weighted by Gasteiger charge is 2.31. The van der Waals surface area contributed by atoms with Crippen LogP contribution in [0.4, 0.5) is 30.6 Å². The summed E-state index contributed by atoms with van der Waals surface area (Å²) in [4.78, 5) is 12.3. The van der Waals surface area contributed by atoms with Crippen LogP contribution in [0.1, 0.15) is 17.0 Å². The van der Waals surface area contributed by atoms with Crippen molar-refractivity contribution in [3.63, 3.8) is 0 Å². The van der Waals surface area contributed by atoms with Crippen LogP contribution in [0.5, 0.6) is 0 Å².